The van der Waals surface area contributed by atoms with Crippen LogP contribution in [0.5, 0.6) is 11.5 Å². The van der Waals surface area contributed by atoms with Crippen molar-refractivity contribution in [3.63, 3.8) is 0 Å². The lowest BCUT2D eigenvalue weighted by molar-refractivity contribution is -0.144. The number of hydrogen-bond donors (Lipinski definition) is 2. The van der Waals surface area contributed by atoms with Gasteiger partial charge in [0.25, 0.3) is 0 Å². The molecule has 2 aliphatic heterocycles. The first-order chi connectivity index (χ1) is 18.7. The molecule has 1 amide bonds. The number of benzene rings is 1. The van der Waals surface area contributed by atoms with Crippen LogP contribution in [-0.4, -0.2) is 96.4 Å². The van der Waals surface area contributed by atoms with Crippen LogP contribution in [0.3, 0.4) is 0 Å². The molecule has 0 spiro atoms. The Bertz CT molecular complexity index is 955. The van der Waals surface area contributed by atoms with Crippen LogP contribution in [0.1, 0.15) is 76.3 Å². The third kappa shape index (κ3) is 8.08. The monoisotopic (exact) mass is 547 g/mol. The maximum atomic E-state index is 13.7. The first kappa shape index (κ1) is 31.2. The first-order valence-electron chi connectivity index (χ1n) is 14.6. The maximum absolute atomic E-state index is 13.7. The van der Waals surface area contributed by atoms with Gasteiger partial charge in [0.15, 0.2) is 11.5 Å². The summed E-state index contributed by atoms with van der Waals surface area (Å²) >= 11 is 0. The standard InChI is InChI=1S/C30H49N3O6/c1-6-8-12-32(13-9-11-31(4)5)27(35)18-33-17-24(28(30(36)37)25(33)14-21(3)10-7-2)22-15-23(19-34)29-26(16-22)38-20-39-29/h15-16,21,24-25,28,34H,6-14,17-20H2,1-5H3,(H,36,37)/t21?,24-,25+,28-/m1/s1. The van der Waals surface area contributed by atoms with Gasteiger partial charge in [-0.15, -0.1) is 0 Å². The number of carboxylic acid groups (broad SMARTS) is 1. The highest BCUT2D eigenvalue weighted by Gasteiger charge is 2.48. The zero-order valence-corrected chi connectivity index (χ0v) is 24.5. The van der Waals surface area contributed by atoms with Gasteiger partial charge in [0.05, 0.1) is 19.1 Å². The van der Waals surface area contributed by atoms with Gasteiger partial charge in [0.1, 0.15) is 0 Å². The Morgan fingerprint density at radius 2 is 1.85 bits per heavy atom. The number of nitrogens with zero attached hydrogens (tertiary/aromatic N) is 3. The summed E-state index contributed by atoms with van der Waals surface area (Å²) in [5.41, 5.74) is 1.41. The lowest BCUT2D eigenvalue weighted by atomic mass is 9.81. The zero-order valence-electron chi connectivity index (χ0n) is 24.5. The van der Waals surface area contributed by atoms with Crippen molar-refractivity contribution in [2.24, 2.45) is 11.8 Å². The minimum Gasteiger partial charge on any atom is -0.481 e. The van der Waals surface area contributed by atoms with Crippen LogP contribution >= 0.6 is 0 Å². The van der Waals surface area contributed by atoms with Gasteiger partial charge in [-0.3, -0.25) is 14.5 Å². The molecule has 0 aromatic heterocycles. The normalized spacial score (nSPS) is 21.5. The molecular weight excluding hydrogens is 498 g/mol. The summed E-state index contributed by atoms with van der Waals surface area (Å²) < 4.78 is 11.1. The van der Waals surface area contributed by atoms with Crippen molar-refractivity contribution in [3.05, 3.63) is 23.3 Å². The van der Waals surface area contributed by atoms with Gasteiger partial charge in [0.2, 0.25) is 12.7 Å². The van der Waals surface area contributed by atoms with Crippen LogP contribution in [0.15, 0.2) is 12.1 Å². The van der Waals surface area contributed by atoms with Crippen molar-refractivity contribution in [2.75, 3.05) is 53.6 Å². The Balaban J connectivity index is 1.90. The van der Waals surface area contributed by atoms with Gasteiger partial charge in [-0.1, -0.05) is 40.0 Å². The molecule has 1 saturated heterocycles. The first-order valence-corrected chi connectivity index (χ1v) is 14.6. The van der Waals surface area contributed by atoms with E-state index in [4.69, 9.17) is 9.47 Å². The second kappa shape index (κ2) is 14.9. The Kier molecular flexibility index (Phi) is 11.9. The lowest BCUT2D eigenvalue weighted by Crippen LogP contribution is -2.45. The molecule has 0 bridgehead atoms. The Morgan fingerprint density at radius 1 is 1.10 bits per heavy atom. The number of hydrogen-bond acceptors (Lipinski definition) is 7. The van der Waals surface area contributed by atoms with Crippen molar-refractivity contribution in [3.8, 4) is 11.5 Å². The quantitative estimate of drug-likeness (QED) is 0.322. The number of amides is 1. The highest BCUT2D eigenvalue weighted by atomic mass is 16.7. The molecule has 9 nitrogen and oxygen atoms in total. The summed E-state index contributed by atoms with van der Waals surface area (Å²) in [5.74, 6) is -0.358. The average molecular weight is 548 g/mol. The number of aliphatic carboxylic acids is 1. The van der Waals surface area contributed by atoms with E-state index in [-0.39, 0.29) is 37.8 Å². The fraction of sp³-hybridized carbons (Fsp3) is 0.733. The molecule has 4 atom stereocenters. The number of aliphatic hydroxyl groups is 1. The molecule has 2 N–H and O–H groups in total. The number of rotatable bonds is 16. The van der Waals surface area contributed by atoms with E-state index in [1.165, 1.54) is 0 Å². The van der Waals surface area contributed by atoms with Gasteiger partial charge in [0, 0.05) is 37.2 Å². The van der Waals surface area contributed by atoms with Crippen LogP contribution in [0, 0.1) is 11.8 Å². The number of likely N-dealkylation sites (tertiary alicyclic amines) is 1. The Hall–Kier alpha value is -2.36. The minimum atomic E-state index is -0.847. The molecule has 39 heavy (non-hydrogen) atoms. The summed E-state index contributed by atoms with van der Waals surface area (Å²) in [6.45, 7) is 9.33. The largest absolute Gasteiger partial charge is 0.481 e. The third-order valence-corrected chi connectivity index (χ3v) is 8.14. The SMILES string of the molecule is CCCCN(CCCN(C)C)C(=O)CN1C[C@H](c2cc(CO)c3c(c2)OCO3)[C@@H](C(=O)O)[C@@H]1CC(C)CCC. The Morgan fingerprint density at radius 3 is 2.49 bits per heavy atom. The highest BCUT2D eigenvalue weighted by molar-refractivity contribution is 5.79. The molecule has 1 fully saturated rings. The molecule has 2 heterocycles. The summed E-state index contributed by atoms with van der Waals surface area (Å²) in [6.07, 6.45) is 5.64. The molecule has 220 valence electrons. The topological polar surface area (TPSA) is 103 Å². The number of carbonyl (C=O) groups is 2. The fourth-order valence-electron chi connectivity index (χ4n) is 6.15. The molecule has 9 heteroatoms. The molecule has 1 aromatic carbocycles. The smallest absolute Gasteiger partial charge is 0.308 e. The summed E-state index contributed by atoms with van der Waals surface area (Å²) in [5, 5.41) is 20.5. The number of carboxylic acids is 1. The minimum absolute atomic E-state index is 0.0712. The summed E-state index contributed by atoms with van der Waals surface area (Å²) in [7, 11) is 4.07. The van der Waals surface area contributed by atoms with Crippen molar-refractivity contribution in [2.45, 2.75) is 77.9 Å². The van der Waals surface area contributed by atoms with Gasteiger partial charge in [-0.05, 0) is 63.5 Å². The van der Waals surface area contributed by atoms with E-state index in [1.807, 2.05) is 31.1 Å². The van der Waals surface area contributed by atoms with Gasteiger partial charge in [-0.25, -0.2) is 0 Å². The lowest BCUT2D eigenvalue weighted by Gasteiger charge is -2.31. The van der Waals surface area contributed by atoms with Crippen LogP contribution < -0.4 is 9.47 Å². The molecule has 3 rings (SSSR count). The van der Waals surface area contributed by atoms with Gasteiger partial charge in [-0.2, -0.15) is 0 Å². The molecule has 0 aliphatic carbocycles. The van der Waals surface area contributed by atoms with E-state index in [0.29, 0.717) is 36.1 Å². The number of ether oxygens (including phenoxy) is 2. The molecule has 0 saturated carbocycles. The number of aliphatic hydroxyl groups excluding tert-OH is 1. The predicted octanol–water partition coefficient (Wildman–Crippen LogP) is 3.78. The van der Waals surface area contributed by atoms with Gasteiger partial charge >= 0.3 is 5.97 Å². The van der Waals surface area contributed by atoms with Crippen LogP contribution in [0.25, 0.3) is 0 Å². The van der Waals surface area contributed by atoms with E-state index in [0.717, 1.165) is 57.2 Å². The Labute approximate surface area is 234 Å². The second-order valence-electron chi connectivity index (χ2n) is 11.6. The zero-order chi connectivity index (χ0) is 28.5. The molecular formula is C30H49N3O6. The van der Waals surface area contributed by atoms with Crippen molar-refractivity contribution < 1.29 is 29.3 Å². The van der Waals surface area contributed by atoms with E-state index < -0.39 is 11.9 Å². The van der Waals surface area contributed by atoms with Crippen LogP contribution in [0.2, 0.25) is 0 Å². The van der Waals surface area contributed by atoms with E-state index in [2.05, 4.69) is 30.6 Å². The van der Waals surface area contributed by atoms with E-state index >= 15 is 0 Å². The number of fused-ring (bicyclic) bond motifs is 1. The van der Waals surface area contributed by atoms with Crippen molar-refractivity contribution in [1.29, 1.82) is 0 Å². The second-order valence-corrected chi connectivity index (χ2v) is 11.6. The molecule has 2 aliphatic rings. The molecule has 0 radical (unpaired) electrons. The fourth-order valence-corrected chi connectivity index (χ4v) is 6.15. The van der Waals surface area contributed by atoms with Gasteiger partial charge < -0.3 is 29.5 Å². The maximum Gasteiger partial charge on any atom is 0.308 e. The third-order valence-electron chi connectivity index (χ3n) is 8.14. The summed E-state index contributed by atoms with van der Waals surface area (Å²) in [6, 6.07) is 3.45. The van der Waals surface area contributed by atoms with E-state index in [1.54, 1.807) is 0 Å². The highest BCUT2D eigenvalue weighted by Crippen LogP contribution is 2.45. The number of unbranched alkanes of at least 4 members (excludes halogenated alkanes) is 1. The molecule has 1 aromatic rings. The average Bonchev–Trinajstić information content (AvgIpc) is 3.50. The predicted molar refractivity (Wildman–Crippen MR) is 151 cm³/mol. The van der Waals surface area contributed by atoms with Crippen LogP contribution in [-0.2, 0) is 16.2 Å². The van der Waals surface area contributed by atoms with E-state index in [9.17, 15) is 19.8 Å². The summed E-state index contributed by atoms with van der Waals surface area (Å²) in [4.78, 5) is 32.7. The molecule has 1 unspecified atom stereocenters. The van der Waals surface area contributed by atoms with Crippen LogP contribution in [0.4, 0.5) is 0 Å². The van der Waals surface area contributed by atoms with Crippen molar-refractivity contribution in [1.82, 2.24) is 14.7 Å². The number of carbonyl (C=O) groups excluding carboxylic acids is 1. The van der Waals surface area contributed by atoms with Crippen molar-refractivity contribution >= 4 is 11.9 Å².